The number of aryl methyl sites for hydroxylation is 1. The molecule has 0 bridgehead atoms. The van der Waals surface area contributed by atoms with E-state index in [9.17, 15) is 8.42 Å². The van der Waals surface area contributed by atoms with E-state index in [4.69, 9.17) is 5.73 Å². The van der Waals surface area contributed by atoms with Crippen LogP contribution >= 0.6 is 0 Å². The average molecular weight is 242 g/mol. The summed E-state index contributed by atoms with van der Waals surface area (Å²) >= 11 is 0. The second-order valence-electron chi connectivity index (χ2n) is 3.78. The molecule has 4 nitrogen and oxygen atoms in total. The van der Waals surface area contributed by atoms with E-state index in [-0.39, 0.29) is 5.75 Å². The Morgan fingerprint density at radius 3 is 2.75 bits per heavy atom. The fraction of sp³-hybridized carbons (Fsp3) is 0.455. The Balaban J connectivity index is 2.59. The first-order valence-corrected chi connectivity index (χ1v) is 6.92. The van der Waals surface area contributed by atoms with Gasteiger partial charge in [0.1, 0.15) is 0 Å². The van der Waals surface area contributed by atoms with E-state index in [2.05, 4.69) is 4.72 Å². The molecule has 1 aromatic rings. The van der Waals surface area contributed by atoms with E-state index in [1.54, 1.807) is 0 Å². The highest BCUT2D eigenvalue weighted by atomic mass is 32.2. The molecule has 0 aromatic heterocycles. The molecule has 0 aliphatic rings. The molecular formula is C11H18N2O2S. The van der Waals surface area contributed by atoms with Crippen LogP contribution < -0.4 is 10.5 Å². The molecule has 0 aliphatic carbocycles. The molecule has 1 rings (SSSR count). The minimum absolute atomic E-state index is 0.0270. The normalized spacial score (nSPS) is 11.6. The van der Waals surface area contributed by atoms with Gasteiger partial charge in [-0.15, -0.1) is 0 Å². The largest absolute Gasteiger partial charge is 0.330 e. The number of sulfonamides is 1. The molecule has 0 atom stereocenters. The van der Waals surface area contributed by atoms with Crippen LogP contribution in [0.15, 0.2) is 24.3 Å². The van der Waals surface area contributed by atoms with Crippen LogP contribution in [0.1, 0.15) is 17.5 Å². The van der Waals surface area contributed by atoms with Crippen molar-refractivity contribution in [2.75, 3.05) is 13.1 Å². The van der Waals surface area contributed by atoms with E-state index < -0.39 is 10.0 Å². The summed E-state index contributed by atoms with van der Waals surface area (Å²) in [5.74, 6) is 0.0270. The lowest BCUT2D eigenvalue weighted by Gasteiger charge is -2.06. The highest BCUT2D eigenvalue weighted by Crippen LogP contribution is 2.07. The second-order valence-corrected chi connectivity index (χ2v) is 5.59. The van der Waals surface area contributed by atoms with E-state index in [1.807, 2.05) is 31.2 Å². The highest BCUT2D eigenvalue weighted by molar-refractivity contribution is 7.88. The van der Waals surface area contributed by atoms with Gasteiger partial charge >= 0.3 is 0 Å². The number of nitrogens with one attached hydrogen (secondary N) is 1. The molecule has 1 aromatic carbocycles. The summed E-state index contributed by atoms with van der Waals surface area (Å²) in [5, 5.41) is 0. The molecule has 0 aliphatic heterocycles. The molecule has 5 heteroatoms. The highest BCUT2D eigenvalue weighted by Gasteiger charge is 2.10. The first-order chi connectivity index (χ1) is 7.53. The SMILES string of the molecule is Cc1cccc(CS(=O)(=O)NCCCN)c1. The summed E-state index contributed by atoms with van der Waals surface area (Å²) in [4.78, 5) is 0. The van der Waals surface area contributed by atoms with Crippen LogP contribution in [0.3, 0.4) is 0 Å². The summed E-state index contributed by atoms with van der Waals surface area (Å²) < 4.78 is 25.8. The monoisotopic (exact) mass is 242 g/mol. The van der Waals surface area contributed by atoms with Gasteiger partial charge in [-0.25, -0.2) is 13.1 Å². The Morgan fingerprint density at radius 1 is 1.38 bits per heavy atom. The predicted molar refractivity (Wildman–Crippen MR) is 65.5 cm³/mol. The van der Waals surface area contributed by atoms with E-state index in [1.165, 1.54) is 0 Å². The maximum atomic E-state index is 11.6. The van der Waals surface area contributed by atoms with Crippen molar-refractivity contribution in [3.05, 3.63) is 35.4 Å². The van der Waals surface area contributed by atoms with Crippen LogP contribution in [0.25, 0.3) is 0 Å². The van der Waals surface area contributed by atoms with E-state index in [0.29, 0.717) is 19.5 Å². The van der Waals surface area contributed by atoms with Gasteiger partial charge < -0.3 is 5.73 Å². The maximum absolute atomic E-state index is 11.6. The van der Waals surface area contributed by atoms with Gasteiger partial charge in [0, 0.05) is 6.54 Å². The summed E-state index contributed by atoms with van der Waals surface area (Å²) in [6, 6.07) is 7.50. The van der Waals surface area contributed by atoms with Crippen molar-refractivity contribution in [2.24, 2.45) is 5.73 Å². The molecule has 90 valence electrons. The zero-order valence-electron chi connectivity index (χ0n) is 9.44. The van der Waals surface area contributed by atoms with Gasteiger partial charge in [-0.3, -0.25) is 0 Å². The van der Waals surface area contributed by atoms with Crippen LogP contribution in [0.5, 0.6) is 0 Å². The fourth-order valence-electron chi connectivity index (χ4n) is 1.40. The molecule has 0 spiro atoms. The van der Waals surface area contributed by atoms with Crippen molar-refractivity contribution in [2.45, 2.75) is 19.1 Å². The molecular weight excluding hydrogens is 224 g/mol. The third-order valence-corrected chi connectivity index (χ3v) is 3.50. The molecule has 3 N–H and O–H groups in total. The Hall–Kier alpha value is -0.910. The van der Waals surface area contributed by atoms with Gasteiger partial charge in [0.25, 0.3) is 0 Å². The third kappa shape index (κ3) is 4.74. The Bertz CT molecular complexity index is 429. The van der Waals surface area contributed by atoms with Crippen LogP contribution in [-0.4, -0.2) is 21.5 Å². The van der Waals surface area contributed by atoms with Crippen molar-refractivity contribution in [3.63, 3.8) is 0 Å². The molecule has 0 heterocycles. The van der Waals surface area contributed by atoms with Crippen molar-refractivity contribution in [1.29, 1.82) is 0 Å². The average Bonchev–Trinajstić information content (AvgIpc) is 2.17. The third-order valence-electron chi connectivity index (χ3n) is 2.14. The molecule has 0 saturated carbocycles. The van der Waals surface area contributed by atoms with Crippen LogP contribution in [-0.2, 0) is 15.8 Å². The fourth-order valence-corrected chi connectivity index (χ4v) is 2.58. The van der Waals surface area contributed by atoms with Crippen LogP contribution in [0, 0.1) is 6.92 Å². The van der Waals surface area contributed by atoms with Crippen molar-refractivity contribution in [1.82, 2.24) is 4.72 Å². The van der Waals surface area contributed by atoms with Crippen LogP contribution in [0.4, 0.5) is 0 Å². The van der Waals surface area contributed by atoms with E-state index >= 15 is 0 Å². The zero-order valence-corrected chi connectivity index (χ0v) is 10.3. The van der Waals surface area contributed by atoms with Gasteiger partial charge in [0.15, 0.2) is 0 Å². The molecule has 0 fully saturated rings. The number of nitrogens with two attached hydrogens (primary N) is 1. The van der Waals surface area contributed by atoms with Gasteiger partial charge in [-0.05, 0) is 25.5 Å². The molecule has 0 unspecified atom stereocenters. The molecule has 16 heavy (non-hydrogen) atoms. The van der Waals surface area contributed by atoms with Gasteiger partial charge in [0.2, 0.25) is 10.0 Å². The Kier molecular flexibility index (Phi) is 4.92. The Morgan fingerprint density at radius 2 is 2.12 bits per heavy atom. The summed E-state index contributed by atoms with van der Waals surface area (Å²) in [6.07, 6.45) is 0.660. The lowest BCUT2D eigenvalue weighted by atomic mass is 10.2. The first kappa shape index (κ1) is 13.2. The van der Waals surface area contributed by atoms with Crippen molar-refractivity contribution < 1.29 is 8.42 Å². The van der Waals surface area contributed by atoms with Crippen LogP contribution in [0.2, 0.25) is 0 Å². The summed E-state index contributed by atoms with van der Waals surface area (Å²) in [7, 11) is -3.23. The standard InChI is InChI=1S/C11H18N2O2S/c1-10-4-2-5-11(8-10)9-16(14,15)13-7-3-6-12/h2,4-5,8,13H,3,6-7,9,12H2,1H3. The lowest BCUT2D eigenvalue weighted by Crippen LogP contribution is -2.27. The number of hydrogen-bond acceptors (Lipinski definition) is 3. The van der Waals surface area contributed by atoms with Crippen molar-refractivity contribution in [3.8, 4) is 0 Å². The number of benzene rings is 1. The first-order valence-electron chi connectivity index (χ1n) is 5.26. The summed E-state index contributed by atoms with van der Waals surface area (Å²) in [6.45, 7) is 2.84. The van der Waals surface area contributed by atoms with Gasteiger partial charge in [-0.2, -0.15) is 0 Å². The van der Waals surface area contributed by atoms with Gasteiger partial charge in [0.05, 0.1) is 5.75 Å². The lowest BCUT2D eigenvalue weighted by molar-refractivity contribution is 0.578. The smallest absolute Gasteiger partial charge is 0.215 e. The maximum Gasteiger partial charge on any atom is 0.215 e. The molecule has 0 amide bonds. The quantitative estimate of drug-likeness (QED) is 0.723. The van der Waals surface area contributed by atoms with Crippen molar-refractivity contribution >= 4 is 10.0 Å². The minimum atomic E-state index is -3.23. The second kappa shape index (κ2) is 5.98. The molecule has 0 radical (unpaired) electrons. The van der Waals surface area contributed by atoms with E-state index in [0.717, 1.165) is 11.1 Å². The summed E-state index contributed by atoms with van der Waals surface area (Å²) in [5.41, 5.74) is 7.17. The minimum Gasteiger partial charge on any atom is -0.330 e. The number of hydrogen-bond donors (Lipinski definition) is 2. The zero-order chi connectivity index (χ0) is 12.0. The predicted octanol–water partition coefficient (Wildman–Crippen LogP) is 0.763. The number of rotatable bonds is 6. The Labute approximate surface area is 96.9 Å². The molecule has 0 saturated heterocycles. The topological polar surface area (TPSA) is 72.2 Å². The van der Waals surface area contributed by atoms with Gasteiger partial charge in [-0.1, -0.05) is 29.8 Å².